The lowest BCUT2D eigenvalue weighted by atomic mass is 10.4. The van der Waals surface area contributed by atoms with E-state index in [-0.39, 0.29) is 0 Å². The van der Waals surface area contributed by atoms with Crippen LogP contribution < -0.4 is 0 Å². The number of hydrogen-bond acceptors (Lipinski definition) is 2. The molecule has 1 N–H and O–H groups in total. The van der Waals surface area contributed by atoms with Crippen molar-refractivity contribution in [2.24, 2.45) is 0 Å². The molecule has 0 aromatic rings. The Morgan fingerprint density at radius 3 is 2.33 bits per heavy atom. The summed E-state index contributed by atoms with van der Waals surface area (Å²) in [6.07, 6.45) is 0. The molecule has 0 bridgehead atoms. The van der Waals surface area contributed by atoms with Crippen LogP contribution in [0, 0.1) is 16.7 Å². The van der Waals surface area contributed by atoms with E-state index in [1.54, 1.807) is 6.07 Å². The number of allylic oxidation sites excluding steroid dienone is 1. The van der Waals surface area contributed by atoms with Crippen molar-refractivity contribution in [2.45, 2.75) is 6.92 Å². The molecule has 2 heteroatoms. The van der Waals surface area contributed by atoms with Gasteiger partial charge in [-0.15, -0.1) is 0 Å². The van der Waals surface area contributed by atoms with Gasteiger partial charge in [-0.25, -0.2) is 0 Å². The summed E-state index contributed by atoms with van der Waals surface area (Å²) in [5.41, 5.74) is 0.315. The summed E-state index contributed by atoms with van der Waals surface area (Å²) in [7, 11) is 0. The lowest BCUT2D eigenvalue weighted by Crippen LogP contribution is -1.61. The van der Waals surface area contributed by atoms with Crippen molar-refractivity contribution in [3.8, 4) is 6.07 Å². The molecule has 0 atom stereocenters. The second kappa shape index (κ2) is 2.19. The first kappa shape index (κ1) is 4.94. The molecular weight excluding hydrogens is 76.1 g/mol. The van der Waals surface area contributed by atoms with E-state index in [0.29, 0.717) is 5.57 Å². The lowest BCUT2D eigenvalue weighted by molar-refractivity contribution is 1.46. The van der Waals surface area contributed by atoms with Crippen LogP contribution in [0.15, 0.2) is 5.57 Å². The second-order valence-corrected chi connectivity index (χ2v) is 0.862. The molecule has 0 saturated heterocycles. The summed E-state index contributed by atoms with van der Waals surface area (Å²) < 4.78 is 0. The molecule has 0 amide bonds. The van der Waals surface area contributed by atoms with E-state index in [4.69, 9.17) is 10.7 Å². The number of hydrogen-bond donors (Lipinski definition) is 1. The van der Waals surface area contributed by atoms with Crippen molar-refractivity contribution < 1.29 is 0 Å². The van der Waals surface area contributed by atoms with Gasteiger partial charge in [0.25, 0.3) is 0 Å². The molecule has 0 spiro atoms. The molecule has 0 unspecified atom stereocenters. The summed E-state index contributed by atoms with van der Waals surface area (Å²) >= 11 is 0. The number of nitriles is 1. The maximum absolute atomic E-state index is 7.87. The van der Waals surface area contributed by atoms with Crippen LogP contribution in [0.25, 0.3) is 0 Å². The van der Waals surface area contributed by atoms with Gasteiger partial charge in [-0.2, -0.15) is 5.26 Å². The fraction of sp³-hybridized carbons (Fsp3) is 0.250. The van der Waals surface area contributed by atoms with Crippen LogP contribution >= 0.6 is 0 Å². The van der Waals surface area contributed by atoms with Crippen molar-refractivity contribution in [3.63, 3.8) is 0 Å². The van der Waals surface area contributed by atoms with Gasteiger partial charge in [-0.05, 0) is 12.8 Å². The van der Waals surface area contributed by atoms with Crippen LogP contribution in [-0.2, 0) is 0 Å². The molecule has 0 aliphatic carbocycles. The van der Waals surface area contributed by atoms with Gasteiger partial charge >= 0.3 is 0 Å². The molecule has 2 nitrogen and oxygen atoms in total. The van der Waals surface area contributed by atoms with Gasteiger partial charge in [-0.3, -0.25) is 5.41 Å². The van der Waals surface area contributed by atoms with Crippen LogP contribution in [0.3, 0.4) is 0 Å². The minimum Gasteiger partial charge on any atom is -0.258 e. The van der Waals surface area contributed by atoms with Gasteiger partial charge in [0.15, 0.2) is 0 Å². The van der Waals surface area contributed by atoms with E-state index in [1.807, 2.05) is 5.87 Å². The molecule has 0 aliphatic rings. The molecular formula is C4H4N2. The van der Waals surface area contributed by atoms with E-state index in [0.717, 1.165) is 0 Å². The molecule has 0 radical (unpaired) electrons. The molecule has 0 aromatic carbocycles. The third-order valence-electron chi connectivity index (χ3n) is 0.355. The van der Waals surface area contributed by atoms with Crippen LogP contribution in [-0.4, -0.2) is 5.87 Å². The predicted molar refractivity (Wildman–Crippen MR) is 22.5 cm³/mol. The Balaban J connectivity index is 3.99. The highest BCUT2D eigenvalue weighted by atomic mass is 14.3. The first-order valence-corrected chi connectivity index (χ1v) is 1.47. The molecule has 0 aliphatic heterocycles. The van der Waals surface area contributed by atoms with Crippen LogP contribution in [0.2, 0.25) is 0 Å². The highest BCUT2D eigenvalue weighted by Gasteiger charge is 1.71. The maximum atomic E-state index is 7.87. The topological polar surface area (TPSA) is 47.6 Å². The van der Waals surface area contributed by atoms with E-state index >= 15 is 0 Å². The third-order valence-corrected chi connectivity index (χ3v) is 0.355. The Morgan fingerprint density at radius 1 is 1.83 bits per heavy atom. The number of rotatable bonds is 0. The Morgan fingerprint density at radius 2 is 2.33 bits per heavy atom. The standard InChI is InChI=1S/C4H4N2/c1-4(2-5)3-6/h5H,1H3. The summed E-state index contributed by atoms with van der Waals surface area (Å²) in [5, 5.41) is 14.2. The molecule has 0 fully saturated rings. The quantitative estimate of drug-likeness (QED) is 0.338. The largest absolute Gasteiger partial charge is 0.258 e. The van der Waals surface area contributed by atoms with Crippen molar-refractivity contribution in [1.29, 1.82) is 10.7 Å². The van der Waals surface area contributed by atoms with Gasteiger partial charge in [0.05, 0.1) is 5.57 Å². The fourth-order valence-electron chi connectivity index (χ4n) is 0.0280. The average Bonchev–Trinajstić information content (AvgIpc) is 1.65. The monoisotopic (exact) mass is 80.0 g/mol. The highest BCUT2D eigenvalue weighted by molar-refractivity contribution is 5.58. The number of nitrogens with one attached hydrogen (secondary N) is 1. The van der Waals surface area contributed by atoms with Gasteiger partial charge in [0.1, 0.15) is 6.07 Å². The zero-order valence-corrected chi connectivity index (χ0v) is 3.45. The van der Waals surface area contributed by atoms with E-state index in [9.17, 15) is 0 Å². The second-order valence-electron chi connectivity index (χ2n) is 0.862. The normalized spacial score (nSPS) is 5.33. The molecule has 6 heavy (non-hydrogen) atoms. The minimum atomic E-state index is 0.315. The predicted octanol–water partition coefficient (Wildman–Crippen LogP) is 0.705. The Kier molecular flexibility index (Phi) is 1.81. The van der Waals surface area contributed by atoms with Crippen molar-refractivity contribution >= 4 is 5.87 Å². The first-order chi connectivity index (χ1) is 2.81. The molecule has 0 aromatic heterocycles. The van der Waals surface area contributed by atoms with Gasteiger partial charge in [0, 0.05) is 0 Å². The maximum Gasteiger partial charge on any atom is 0.104 e. The van der Waals surface area contributed by atoms with Crippen molar-refractivity contribution in [1.82, 2.24) is 0 Å². The van der Waals surface area contributed by atoms with E-state index in [2.05, 4.69) is 0 Å². The zero-order chi connectivity index (χ0) is 4.99. The van der Waals surface area contributed by atoms with Gasteiger partial charge < -0.3 is 0 Å². The lowest BCUT2D eigenvalue weighted by Gasteiger charge is -1.62. The highest BCUT2D eigenvalue weighted by Crippen LogP contribution is 1.73. The van der Waals surface area contributed by atoms with Crippen LogP contribution in [0.1, 0.15) is 6.92 Å². The zero-order valence-electron chi connectivity index (χ0n) is 3.45. The van der Waals surface area contributed by atoms with Crippen LogP contribution in [0.5, 0.6) is 0 Å². The molecule has 0 saturated carbocycles. The fourth-order valence-corrected chi connectivity index (χ4v) is 0.0280. The summed E-state index contributed by atoms with van der Waals surface area (Å²) in [5.74, 6) is 1.92. The smallest absolute Gasteiger partial charge is 0.104 e. The molecule has 0 heterocycles. The third kappa shape index (κ3) is 1.28. The Labute approximate surface area is 36.2 Å². The van der Waals surface area contributed by atoms with Gasteiger partial charge in [-0.1, -0.05) is 0 Å². The van der Waals surface area contributed by atoms with Gasteiger partial charge in [0.2, 0.25) is 0 Å². The summed E-state index contributed by atoms with van der Waals surface area (Å²) in [4.78, 5) is 0. The Bertz CT molecular complexity index is 123. The van der Waals surface area contributed by atoms with E-state index < -0.39 is 0 Å². The van der Waals surface area contributed by atoms with Crippen molar-refractivity contribution in [2.75, 3.05) is 0 Å². The number of nitrogens with zero attached hydrogens (tertiary/aromatic N) is 1. The average molecular weight is 80.1 g/mol. The van der Waals surface area contributed by atoms with E-state index in [1.165, 1.54) is 6.92 Å². The minimum absolute atomic E-state index is 0.315. The molecule has 30 valence electrons. The molecule has 0 rings (SSSR count). The Hall–Kier alpha value is -1.06. The van der Waals surface area contributed by atoms with Crippen LogP contribution in [0.4, 0.5) is 0 Å². The first-order valence-electron chi connectivity index (χ1n) is 1.47. The summed E-state index contributed by atoms with van der Waals surface area (Å²) in [6.45, 7) is 1.53. The van der Waals surface area contributed by atoms with Crippen molar-refractivity contribution in [3.05, 3.63) is 5.57 Å². The summed E-state index contributed by atoms with van der Waals surface area (Å²) in [6, 6.07) is 1.73. The SMILES string of the molecule is CC(=C=N)C#N.